The molecule has 132 valence electrons. The molecule has 0 spiro atoms. The van der Waals surface area contributed by atoms with Crippen LogP contribution in [0, 0.1) is 5.41 Å². The van der Waals surface area contributed by atoms with Gasteiger partial charge in [-0.25, -0.2) is 9.38 Å². The Morgan fingerprint density at radius 1 is 1.40 bits per heavy atom. The fourth-order valence-electron chi connectivity index (χ4n) is 1.98. The lowest BCUT2D eigenvalue weighted by Gasteiger charge is -2.09. The number of nitrogens with one attached hydrogen (secondary N) is 2. The maximum absolute atomic E-state index is 12.3. The number of hydrogen-bond donors (Lipinski definition) is 2. The van der Waals surface area contributed by atoms with E-state index in [-0.39, 0.29) is 0 Å². The van der Waals surface area contributed by atoms with Gasteiger partial charge in [0, 0.05) is 50.1 Å². The van der Waals surface area contributed by atoms with Gasteiger partial charge in [-0.3, -0.25) is 4.99 Å². The Kier molecular flexibility index (Phi) is 9.85. The molecule has 0 saturated carbocycles. The molecule has 1 aliphatic heterocycles. The van der Waals surface area contributed by atoms with Crippen molar-refractivity contribution in [3.63, 3.8) is 0 Å². The monoisotopic (exact) mass is 358 g/mol. The summed E-state index contributed by atoms with van der Waals surface area (Å²) >= 11 is 1.48. The van der Waals surface area contributed by atoms with Gasteiger partial charge in [0.2, 0.25) is 0 Å². The van der Waals surface area contributed by atoms with Crippen LogP contribution in [-0.4, -0.2) is 31.6 Å². The zero-order valence-corrected chi connectivity index (χ0v) is 15.5. The molecule has 6 heteroatoms. The first-order valence-corrected chi connectivity index (χ1v) is 8.53. The largest absolute Gasteiger partial charge is 0.393 e. The van der Waals surface area contributed by atoms with E-state index in [0.29, 0.717) is 12.8 Å². The lowest BCUT2D eigenvalue weighted by molar-refractivity contribution is 0.721. The number of aliphatic imine (C=N–C) groups is 2. The molecule has 0 aromatic heterocycles. The summed E-state index contributed by atoms with van der Waals surface area (Å²) in [7, 11) is 3.47. The third kappa shape index (κ3) is 7.30. The summed E-state index contributed by atoms with van der Waals surface area (Å²) < 4.78 is 12.3. The molecule has 25 heavy (non-hydrogen) atoms. The molecule has 0 aromatic rings. The van der Waals surface area contributed by atoms with Gasteiger partial charge in [0.15, 0.2) is 0 Å². The van der Waals surface area contributed by atoms with E-state index in [2.05, 4.69) is 15.3 Å². The highest BCUT2D eigenvalue weighted by atomic mass is 32.2. The van der Waals surface area contributed by atoms with Crippen LogP contribution in [0.3, 0.4) is 0 Å². The first kappa shape index (κ1) is 20.6. The second-order valence-electron chi connectivity index (χ2n) is 4.95. The van der Waals surface area contributed by atoms with E-state index in [1.807, 2.05) is 32.2 Å². The maximum Gasteiger partial charge on any atom is 0.109 e. The Hall–Kier alpha value is -2.47. The van der Waals surface area contributed by atoms with Crippen molar-refractivity contribution in [2.45, 2.75) is 13.3 Å². The van der Waals surface area contributed by atoms with Crippen LogP contribution in [0.2, 0.25) is 0 Å². The quantitative estimate of drug-likeness (QED) is 0.533. The molecule has 0 radical (unpaired) electrons. The first-order valence-electron chi connectivity index (χ1n) is 7.72. The van der Waals surface area contributed by atoms with Gasteiger partial charge in [-0.05, 0) is 36.0 Å². The van der Waals surface area contributed by atoms with Crippen molar-refractivity contribution < 1.29 is 4.39 Å². The summed E-state index contributed by atoms with van der Waals surface area (Å²) in [6.07, 6.45) is 16.5. The molecule has 0 bridgehead atoms. The average Bonchev–Trinajstić information content (AvgIpc) is 2.62. The van der Waals surface area contributed by atoms with E-state index in [4.69, 9.17) is 5.41 Å². The Morgan fingerprint density at radius 3 is 2.84 bits per heavy atom. The molecule has 0 amide bonds. The zero-order chi connectivity index (χ0) is 18.5. The number of hydrogen-bond acceptors (Lipinski definition) is 5. The van der Waals surface area contributed by atoms with Crippen molar-refractivity contribution in [3.8, 4) is 0 Å². The Labute approximate surface area is 152 Å². The molecule has 1 rings (SSSR count). The lowest BCUT2D eigenvalue weighted by Crippen LogP contribution is -2.01. The van der Waals surface area contributed by atoms with Gasteiger partial charge in [0.1, 0.15) is 5.04 Å². The topological polar surface area (TPSA) is 60.6 Å². The summed E-state index contributed by atoms with van der Waals surface area (Å²) in [5.74, 6) is 0. The highest BCUT2D eigenvalue weighted by molar-refractivity contribution is 8.17. The van der Waals surface area contributed by atoms with Gasteiger partial charge < -0.3 is 10.7 Å². The first-order chi connectivity index (χ1) is 12.2. The van der Waals surface area contributed by atoms with Crippen molar-refractivity contribution >= 4 is 29.2 Å². The van der Waals surface area contributed by atoms with Crippen LogP contribution in [0.5, 0.6) is 0 Å². The highest BCUT2D eigenvalue weighted by Crippen LogP contribution is 2.24. The van der Waals surface area contributed by atoms with Gasteiger partial charge in [0.05, 0.1) is 6.33 Å². The van der Waals surface area contributed by atoms with Crippen molar-refractivity contribution in [1.82, 2.24) is 5.32 Å². The molecule has 2 N–H and O–H groups in total. The van der Waals surface area contributed by atoms with Crippen LogP contribution in [0.1, 0.15) is 13.3 Å². The predicted molar refractivity (Wildman–Crippen MR) is 109 cm³/mol. The van der Waals surface area contributed by atoms with E-state index in [0.717, 1.165) is 26.7 Å². The lowest BCUT2D eigenvalue weighted by atomic mass is 10.0. The van der Waals surface area contributed by atoms with Crippen LogP contribution < -0.4 is 5.32 Å². The van der Waals surface area contributed by atoms with Crippen molar-refractivity contribution in [2.24, 2.45) is 9.98 Å². The highest BCUT2D eigenvalue weighted by Gasteiger charge is 2.08. The number of nitrogens with zero attached hydrogens (tertiary/aromatic N) is 2. The Morgan fingerprint density at radius 2 is 2.20 bits per heavy atom. The number of rotatable bonds is 6. The minimum Gasteiger partial charge on any atom is -0.393 e. The third-order valence-electron chi connectivity index (χ3n) is 3.10. The van der Waals surface area contributed by atoms with Gasteiger partial charge >= 0.3 is 0 Å². The molecule has 0 unspecified atom stereocenters. The molecule has 1 heterocycles. The van der Waals surface area contributed by atoms with Crippen LogP contribution in [0.25, 0.3) is 0 Å². The van der Waals surface area contributed by atoms with Gasteiger partial charge in [-0.2, -0.15) is 0 Å². The van der Waals surface area contributed by atoms with Crippen molar-refractivity contribution in [2.75, 3.05) is 14.1 Å². The summed E-state index contributed by atoms with van der Waals surface area (Å²) in [6, 6.07) is 0. The molecule has 1 aliphatic rings. The molecule has 0 saturated heterocycles. The van der Waals surface area contributed by atoms with Gasteiger partial charge in [0.25, 0.3) is 0 Å². The van der Waals surface area contributed by atoms with E-state index in [1.165, 1.54) is 24.1 Å². The van der Waals surface area contributed by atoms with E-state index in [1.54, 1.807) is 31.7 Å². The third-order valence-corrected chi connectivity index (χ3v) is 4.09. The smallest absolute Gasteiger partial charge is 0.109 e. The number of halogens is 1. The molecular weight excluding hydrogens is 335 g/mol. The Balaban J connectivity index is 3.20. The predicted octanol–water partition coefficient (Wildman–Crippen LogP) is 4.73. The van der Waals surface area contributed by atoms with E-state index >= 15 is 0 Å². The van der Waals surface area contributed by atoms with Crippen molar-refractivity contribution in [3.05, 3.63) is 70.7 Å². The van der Waals surface area contributed by atoms with Crippen LogP contribution in [-0.2, 0) is 0 Å². The molecule has 0 aromatic carbocycles. The van der Waals surface area contributed by atoms with E-state index in [9.17, 15) is 4.39 Å². The summed E-state index contributed by atoms with van der Waals surface area (Å²) in [6.45, 7) is 1.98. The fourth-order valence-corrected chi connectivity index (χ4v) is 2.77. The average molecular weight is 358 g/mol. The van der Waals surface area contributed by atoms with Crippen LogP contribution >= 0.6 is 11.8 Å². The molecule has 4 nitrogen and oxygen atoms in total. The van der Waals surface area contributed by atoms with Gasteiger partial charge in [-0.15, -0.1) is 0 Å². The van der Waals surface area contributed by atoms with Gasteiger partial charge in [-0.1, -0.05) is 30.0 Å². The summed E-state index contributed by atoms with van der Waals surface area (Å²) in [4.78, 5) is 9.54. The molecular formula is C19H23FN4S. The minimum absolute atomic E-state index is 0.482. The normalized spacial score (nSPS) is 24.9. The zero-order valence-electron chi connectivity index (χ0n) is 14.7. The van der Waals surface area contributed by atoms with Crippen LogP contribution in [0.4, 0.5) is 4.39 Å². The molecule has 0 atom stereocenters. The summed E-state index contributed by atoms with van der Waals surface area (Å²) in [5.41, 5.74) is 2.57. The Bertz CT molecular complexity index is 707. The maximum atomic E-state index is 12.3. The van der Waals surface area contributed by atoms with Crippen molar-refractivity contribution in [1.29, 1.82) is 5.41 Å². The second-order valence-corrected chi connectivity index (χ2v) is 6.19. The second kappa shape index (κ2) is 12.0. The molecule has 0 aliphatic carbocycles. The minimum atomic E-state index is 0.482. The number of allylic oxidation sites excluding steroid dienone is 8. The van der Waals surface area contributed by atoms with Crippen LogP contribution in [0.15, 0.2) is 80.7 Å². The number of thioether (sulfide) groups is 1. The standard InChI is InChI=1S/C19H23FN4S/c1-15-8-9-16(18(12-21)14-23-3)7-5-11-24-19(25-15)17(13-22-2)6-4-10-20/h4-6,8-14,21,23H,7H2,1-3H3/b10-4+,11-5+,15-8+,16-9+,17-6+,18-14+,21-12?,22-13-,24-19-. The fraction of sp³-hybridized carbons (Fsp3) is 0.211. The SMILES string of the molecule is C\N=C/C(=C\C=C\F)C1=N/C=C/CC(/C(C=N)=C/NC)=C\C=C(/C)S\1. The molecule has 0 fully saturated rings. The summed E-state index contributed by atoms with van der Waals surface area (Å²) in [5, 5.41) is 11.3. The van der Waals surface area contributed by atoms with E-state index < -0.39 is 0 Å².